The highest BCUT2D eigenvalue weighted by molar-refractivity contribution is 7.22. The normalized spacial score (nSPS) is 13.7. The summed E-state index contributed by atoms with van der Waals surface area (Å²) in [5, 5.41) is 0.681. The molecule has 0 aliphatic rings. The molecule has 3 nitrogen and oxygen atoms in total. The lowest BCUT2D eigenvalue weighted by atomic mass is 9.88. The molecule has 1 heterocycles. The molecule has 1 atom stereocenters. The van der Waals surface area contributed by atoms with E-state index in [-0.39, 0.29) is 11.3 Å². The van der Waals surface area contributed by atoms with Gasteiger partial charge in [0.05, 0.1) is 18.6 Å². The number of carbonyl (C=O) groups is 1. The van der Waals surface area contributed by atoms with Gasteiger partial charge in [-0.3, -0.25) is 0 Å². The third-order valence-corrected chi connectivity index (χ3v) is 7.29. The fraction of sp³-hybridized carbons (Fsp3) is 0.414. The molecule has 0 amide bonds. The molecule has 0 aliphatic heterocycles. The average Bonchev–Trinajstić information content (AvgIpc) is 3.28. The zero-order valence-corrected chi connectivity index (χ0v) is 22.5. The summed E-state index contributed by atoms with van der Waals surface area (Å²) in [6.07, 6.45) is -6.12. The van der Waals surface area contributed by atoms with E-state index >= 15 is 0 Å². The maximum atomic E-state index is 14.0. The summed E-state index contributed by atoms with van der Waals surface area (Å²) in [7, 11) is 0. The third kappa shape index (κ3) is 8.74. The Morgan fingerprint density at radius 3 is 2.38 bits per heavy atom. The van der Waals surface area contributed by atoms with Gasteiger partial charge in [-0.15, -0.1) is 11.3 Å². The molecule has 212 valence electrons. The van der Waals surface area contributed by atoms with Gasteiger partial charge >= 0.3 is 18.3 Å². The van der Waals surface area contributed by atoms with Gasteiger partial charge in [0.1, 0.15) is 12.4 Å². The van der Waals surface area contributed by atoms with Crippen molar-refractivity contribution in [2.45, 2.75) is 58.3 Å². The Morgan fingerprint density at radius 1 is 1.00 bits per heavy atom. The first kappa shape index (κ1) is 30.5. The molecule has 1 unspecified atom stereocenters. The minimum Gasteiger partial charge on any atom is -0.493 e. The second-order valence-corrected chi connectivity index (χ2v) is 10.9. The van der Waals surface area contributed by atoms with Crippen LogP contribution in [-0.4, -0.2) is 25.4 Å². The number of carbonyl (C=O) groups excluding carboxylic acids is 1. The minimum atomic E-state index is -4.53. The van der Waals surface area contributed by atoms with Crippen LogP contribution in [0.15, 0.2) is 55.1 Å². The van der Waals surface area contributed by atoms with Gasteiger partial charge in [-0.2, -0.15) is 26.3 Å². The number of halogens is 6. The van der Waals surface area contributed by atoms with E-state index in [2.05, 4.69) is 6.58 Å². The van der Waals surface area contributed by atoms with Crippen molar-refractivity contribution in [2.75, 3.05) is 13.2 Å². The van der Waals surface area contributed by atoms with Gasteiger partial charge in [0.2, 0.25) is 0 Å². The third-order valence-electron chi connectivity index (χ3n) is 6.16. The van der Waals surface area contributed by atoms with Gasteiger partial charge < -0.3 is 9.47 Å². The quantitative estimate of drug-likeness (QED) is 0.0939. The zero-order chi connectivity index (χ0) is 28.8. The van der Waals surface area contributed by atoms with E-state index < -0.39 is 48.9 Å². The summed E-state index contributed by atoms with van der Waals surface area (Å²) in [6, 6.07) is 10.9. The van der Waals surface area contributed by atoms with E-state index in [1.54, 1.807) is 30.3 Å². The summed E-state index contributed by atoms with van der Waals surface area (Å²) in [5.74, 6) is -0.593. The van der Waals surface area contributed by atoms with Crippen LogP contribution in [0.25, 0.3) is 20.5 Å². The number of thiophene rings is 1. The van der Waals surface area contributed by atoms with Gasteiger partial charge in [0.25, 0.3) is 0 Å². The van der Waals surface area contributed by atoms with Crippen LogP contribution in [-0.2, 0) is 22.1 Å². The first-order chi connectivity index (χ1) is 18.2. The molecule has 0 aliphatic carbocycles. The predicted molar refractivity (Wildman–Crippen MR) is 141 cm³/mol. The number of alkyl halides is 6. The van der Waals surface area contributed by atoms with Gasteiger partial charge in [-0.1, -0.05) is 45.4 Å². The first-order valence-electron chi connectivity index (χ1n) is 12.5. The van der Waals surface area contributed by atoms with Crippen LogP contribution in [0.1, 0.15) is 50.7 Å². The monoisotopic (exact) mass is 572 g/mol. The number of rotatable bonds is 12. The Balaban J connectivity index is 1.85. The molecule has 39 heavy (non-hydrogen) atoms. The van der Waals surface area contributed by atoms with Gasteiger partial charge in [0, 0.05) is 26.6 Å². The average molecular weight is 573 g/mol. The van der Waals surface area contributed by atoms with Crippen molar-refractivity contribution in [3.63, 3.8) is 0 Å². The van der Waals surface area contributed by atoms with E-state index in [9.17, 15) is 31.1 Å². The molecule has 1 aromatic heterocycles. The predicted octanol–water partition coefficient (Wildman–Crippen LogP) is 9.39. The molecule has 0 radical (unpaired) electrons. The molecule has 2 aromatic carbocycles. The molecule has 0 N–H and O–H groups in total. The van der Waals surface area contributed by atoms with Crippen LogP contribution in [0, 0.1) is 5.41 Å². The molecule has 0 saturated heterocycles. The summed E-state index contributed by atoms with van der Waals surface area (Å²) >= 11 is 1.14. The van der Waals surface area contributed by atoms with Crippen molar-refractivity contribution in [1.29, 1.82) is 0 Å². The Bertz CT molecular complexity index is 1290. The largest absolute Gasteiger partial charge is 0.493 e. The molecule has 0 bridgehead atoms. The second kappa shape index (κ2) is 12.4. The number of benzene rings is 2. The van der Waals surface area contributed by atoms with Crippen LogP contribution >= 0.6 is 11.3 Å². The van der Waals surface area contributed by atoms with Crippen LogP contribution in [0.4, 0.5) is 26.3 Å². The second-order valence-electron chi connectivity index (χ2n) is 9.85. The number of hydrogen-bond acceptors (Lipinski definition) is 4. The lowest BCUT2D eigenvalue weighted by molar-refractivity contribution is -0.172. The standard InChI is InChI=1S/C29H30F6O3S/c1-4-6-7-8-19-9-12-22(23(13-19)29(33,34)35)25-14-20-10-11-21(15-24(20)39-25)37-17-27(3,16-28(30,31)32)18-38-26(36)5-2/h5,9-15H,2,4,6-8,16-18H2,1,3H3. The van der Waals surface area contributed by atoms with Crippen molar-refractivity contribution in [1.82, 2.24) is 0 Å². The lowest BCUT2D eigenvalue weighted by Gasteiger charge is -2.29. The molecular formula is C29H30F6O3S. The minimum absolute atomic E-state index is 0.0761. The molecule has 3 rings (SSSR count). The van der Waals surface area contributed by atoms with Crippen molar-refractivity contribution in [2.24, 2.45) is 5.41 Å². The Morgan fingerprint density at radius 2 is 1.74 bits per heavy atom. The molecule has 0 saturated carbocycles. The Kier molecular flexibility index (Phi) is 9.74. The summed E-state index contributed by atoms with van der Waals surface area (Å²) in [6.45, 7) is 5.62. The van der Waals surface area contributed by atoms with Crippen LogP contribution in [0.5, 0.6) is 5.75 Å². The number of unbranched alkanes of at least 4 members (excludes halogenated alkanes) is 2. The van der Waals surface area contributed by atoms with E-state index in [0.29, 0.717) is 26.9 Å². The van der Waals surface area contributed by atoms with Crippen molar-refractivity contribution in [3.05, 3.63) is 66.2 Å². The van der Waals surface area contributed by atoms with Gasteiger partial charge in [0.15, 0.2) is 0 Å². The van der Waals surface area contributed by atoms with Crippen molar-refractivity contribution in [3.8, 4) is 16.2 Å². The number of ether oxygens (including phenoxy) is 2. The Labute approximate surface area is 227 Å². The van der Waals surface area contributed by atoms with Gasteiger partial charge in [-0.05, 0) is 54.1 Å². The number of aryl methyl sites for hydroxylation is 1. The number of hydrogen-bond donors (Lipinski definition) is 0. The molecule has 3 aromatic rings. The highest BCUT2D eigenvalue weighted by atomic mass is 32.1. The first-order valence-corrected chi connectivity index (χ1v) is 13.3. The highest BCUT2D eigenvalue weighted by Gasteiger charge is 2.41. The van der Waals surface area contributed by atoms with Crippen molar-refractivity contribution >= 4 is 27.4 Å². The lowest BCUT2D eigenvalue weighted by Crippen LogP contribution is -2.36. The number of fused-ring (bicyclic) bond motifs is 1. The molecular weight excluding hydrogens is 542 g/mol. The smallest absolute Gasteiger partial charge is 0.417 e. The topological polar surface area (TPSA) is 35.5 Å². The fourth-order valence-corrected chi connectivity index (χ4v) is 5.33. The maximum Gasteiger partial charge on any atom is 0.417 e. The SMILES string of the molecule is C=CC(=O)OCC(C)(COc1ccc2cc(-c3ccc(CCCCC)cc3C(F)(F)F)sc2c1)CC(F)(F)F. The van der Waals surface area contributed by atoms with Crippen LogP contribution in [0.3, 0.4) is 0 Å². The molecule has 0 fully saturated rings. The van der Waals surface area contributed by atoms with E-state index in [4.69, 9.17) is 9.47 Å². The van der Waals surface area contributed by atoms with Crippen LogP contribution < -0.4 is 4.74 Å². The molecule has 10 heteroatoms. The molecule has 0 spiro atoms. The van der Waals surface area contributed by atoms with E-state index in [1.807, 2.05) is 6.92 Å². The summed E-state index contributed by atoms with van der Waals surface area (Å²) < 4.78 is 92.5. The zero-order valence-electron chi connectivity index (χ0n) is 21.7. The maximum absolute atomic E-state index is 14.0. The highest BCUT2D eigenvalue weighted by Crippen LogP contribution is 2.43. The summed E-state index contributed by atoms with van der Waals surface area (Å²) in [4.78, 5) is 11.8. The fourth-order valence-electron chi connectivity index (χ4n) is 4.20. The van der Waals surface area contributed by atoms with Gasteiger partial charge in [-0.25, -0.2) is 4.79 Å². The van der Waals surface area contributed by atoms with Crippen LogP contribution in [0.2, 0.25) is 0 Å². The van der Waals surface area contributed by atoms with E-state index in [0.717, 1.165) is 36.7 Å². The summed E-state index contributed by atoms with van der Waals surface area (Å²) in [5.41, 5.74) is -1.55. The number of esters is 1. The van der Waals surface area contributed by atoms with Crippen molar-refractivity contribution < 1.29 is 40.6 Å². The van der Waals surface area contributed by atoms with E-state index in [1.165, 1.54) is 19.1 Å². The Hall–Kier alpha value is -3.01.